The number of benzene rings is 1. The fourth-order valence-corrected chi connectivity index (χ4v) is 4.53. The molecule has 1 unspecified atom stereocenters. The van der Waals surface area contributed by atoms with Gasteiger partial charge in [0.2, 0.25) is 15.9 Å². The van der Waals surface area contributed by atoms with Crippen LogP contribution >= 0.6 is 11.6 Å². The second-order valence-electron chi connectivity index (χ2n) is 6.12. The number of hydrazine groups is 1. The molecule has 0 bridgehead atoms. The molecule has 0 saturated carbocycles. The number of aromatic hydroxyl groups is 1. The quantitative estimate of drug-likeness (QED) is 0.640. The summed E-state index contributed by atoms with van der Waals surface area (Å²) in [6.45, 7) is 2.27. The van der Waals surface area contributed by atoms with Crippen molar-refractivity contribution in [2.45, 2.75) is 26.2 Å². The Hall–Kier alpha value is -1.84. The van der Waals surface area contributed by atoms with Gasteiger partial charge < -0.3 is 5.11 Å². The average Bonchev–Trinajstić information content (AvgIpc) is 2.61. The Bertz CT molecular complexity index is 784. The van der Waals surface area contributed by atoms with Gasteiger partial charge in [-0.25, -0.2) is 12.7 Å². The molecule has 1 aliphatic heterocycles. The van der Waals surface area contributed by atoms with Crippen molar-refractivity contribution in [2.24, 2.45) is 5.92 Å². The molecule has 1 atom stereocenters. The molecular formula is C16H22ClN3O5S. The minimum atomic E-state index is -3.37. The number of carbonyl (C=O) groups is 2. The molecule has 0 radical (unpaired) electrons. The van der Waals surface area contributed by atoms with Crippen LogP contribution in [0.1, 0.15) is 36.5 Å². The van der Waals surface area contributed by atoms with Gasteiger partial charge in [-0.05, 0) is 37.5 Å². The van der Waals surface area contributed by atoms with Crippen LogP contribution in [-0.2, 0) is 14.8 Å². The number of carbonyl (C=O) groups excluding carboxylic acids is 2. The molecule has 0 aliphatic carbocycles. The van der Waals surface area contributed by atoms with Crippen molar-refractivity contribution in [2.75, 3.05) is 18.8 Å². The fourth-order valence-electron chi connectivity index (χ4n) is 2.77. The van der Waals surface area contributed by atoms with E-state index in [0.29, 0.717) is 25.8 Å². The number of amides is 2. The molecule has 26 heavy (non-hydrogen) atoms. The highest BCUT2D eigenvalue weighted by Gasteiger charge is 2.32. The minimum absolute atomic E-state index is 0.0477. The van der Waals surface area contributed by atoms with E-state index in [9.17, 15) is 23.1 Å². The summed E-state index contributed by atoms with van der Waals surface area (Å²) in [4.78, 5) is 24.3. The van der Waals surface area contributed by atoms with Crippen LogP contribution in [0.5, 0.6) is 5.75 Å². The monoisotopic (exact) mass is 403 g/mol. The molecule has 8 nitrogen and oxygen atoms in total. The lowest BCUT2D eigenvalue weighted by atomic mass is 9.99. The SMILES string of the molecule is CCCS(=O)(=O)N1CCCC(C(=O)NNC(=O)c2cc(Cl)ccc2O)C1. The van der Waals surface area contributed by atoms with Crippen LogP contribution in [0.3, 0.4) is 0 Å². The van der Waals surface area contributed by atoms with Crippen LogP contribution in [0.25, 0.3) is 0 Å². The Labute approximate surface area is 157 Å². The van der Waals surface area contributed by atoms with Crippen LogP contribution in [0.15, 0.2) is 18.2 Å². The standard InChI is InChI=1S/C16H22ClN3O5S/c1-2-8-26(24,25)20-7-3-4-11(10-20)15(22)18-19-16(23)13-9-12(17)5-6-14(13)21/h5-6,9,11,21H,2-4,7-8,10H2,1H3,(H,18,22)(H,19,23). The molecule has 3 N–H and O–H groups in total. The first-order valence-electron chi connectivity index (χ1n) is 8.31. The highest BCUT2D eigenvalue weighted by Crippen LogP contribution is 2.22. The Morgan fingerprint density at radius 1 is 1.35 bits per heavy atom. The molecule has 1 heterocycles. The predicted molar refractivity (Wildman–Crippen MR) is 97.1 cm³/mol. The van der Waals surface area contributed by atoms with Crippen LogP contribution < -0.4 is 10.9 Å². The first kappa shape index (κ1) is 20.5. The molecule has 0 aromatic heterocycles. The number of sulfonamides is 1. The number of phenols is 1. The van der Waals surface area contributed by atoms with Gasteiger partial charge >= 0.3 is 0 Å². The Kier molecular flexibility index (Phi) is 6.85. The lowest BCUT2D eigenvalue weighted by molar-refractivity contribution is -0.126. The van der Waals surface area contributed by atoms with Crippen molar-refractivity contribution in [1.82, 2.24) is 15.2 Å². The topological polar surface area (TPSA) is 116 Å². The molecule has 1 saturated heterocycles. The Morgan fingerprint density at radius 2 is 2.08 bits per heavy atom. The minimum Gasteiger partial charge on any atom is -0.507 e. The third-order valence-corrected chi connectivity index (χ3v) is 6.39. The van der Waals surface area contributed by atoms with Crippen molar-refractivity contribution in [3.05, 3.63) is 28.8 Å². The maximum absolute atomic E-state index is 12.3. The second kappa shape index (κ2) is 8.70. The third kappa shape index (κ3) is 5.09. The van der Waals surface area contributed by atoms with Crippen molar-refractivity contribution in [3.8, 4) is 5.75 Å². The van der Waals surface area contributed by atoms with Gasteiger partial charge in [0.25, 0.3) is 5.91 Å². The summed E-state index contributed by atoms with van der Waals surface area (Å²) >= 11 is 5.79. The van der Waals surface area contributed by atoms with Gasteiger partial charge in [0.05, 0.1) is 17.2 Å². The number of nitrogens with one attached hydrogen (secondary N) is 2. The average molecular weight is 404 g/mol. The zero-order valence-corrected chi connectivity index (χ0v) is 15.9. The van der Waals surface area contributed by atoms with Crippen LogP contribution in [0, 0.1) is 5.92 Å². The van der Waals surface area contributed by atoms with Gasteiger partial charge in [-0.2, -0.15) is 0 Å². The van der Waals surface area contributed by atoms with Crippen molar-refractivity contribution in [1.29, 1.82) is 0 Å². The van der Waals surface area contributed by atoms with E-state index in [1.807, 2.05) is 0 Å². The van der Waals surface area contributed by atoms with E-state index in [2.05, 4.69) is 10.9 Å². The maximum Gasteiger partial charge on any atom is 0.273 e. The smallest absolute Gasteiger partial charge is 0.273 e. The molecule has 1 aromatic rings. The number of hydrogen-bond acceptors (Lipinski definition) is 5. The summed E-state index contributed by atoms with van der Waals surface area (Å²) in [6, 6.07) is 3.98. The van der Waals surface area contributed by atoms with Crippen LogP contribution in [0.4, 0.5) is 0 Å². The van der Waals surface area contributed by atoms with Gasteiger partial charge in [0.15, 0.2) is 0 Å². The van der Waals surface area contributed by atoms with E-state index in [1.54, 1.807) is 6.92 Å². The summed E-state index contributed by atoms with van der Waals surface area (Å²) in [5, 5.41) is 9.96. The summed E-state index contributed by atoms with van der Waals surface area (Å²) in [6.07, 6.45) is 1.61. The number of piperidine rings is 1. The van der Waals surface area contributed by atoms with Gasteiger partial charge in [-0.3, -0.25) is 20.4 Å². The lowest BCUT2D eigenvalue weighted by Crippen LogP contribution is -2.50. The van der Waals surface area contributed by atoms with E-state index in [0.717, 1.165) is 0 Å². The molecule has 2 rings (SSSR count). The first-order valence-corrected chi connectivity index (χ1v) is 10.3. The molecule has 1 aromatic carbocycles. The van der Waals surface area contributed by atoms with Crippen molar-refractivity contribution in [3.63, 3.8) is 0 Å². The summed E-state index contributed by atoms with van der Waals surface area (Å²) in [5.74, 6) is -1.97. The number of phenolic OH excluding ortho intramolecular Hbond substituents is 1. The summed E-state index contributed by atoms with van der Waals surface area (Å²) in [7, 11) is -3.37. The third-order valence-electron chi connectivity index (χ3n) is 4.11. The first-order chi connectivity index (χ1) is 12.2. The second-order valence-corrected chi connectivity index (χ2v) is 8.64. The largest absolute Gasteiger partial charge is 0.507 e. The summed E-state index contributed by atoms with van der Waals surface area (Å²) in [5.41, 5.74) is 4.43. The van der Waals surface area contributed by atoms with Crippen LogP contribution in [0.2, 0.25) is 5.02 Å². The molecule has 144 valence electrons. The number of rotatable bonds is 5. The zero-order valence-electron chi connectivity index (χ0n) is 14.4. The Balaban J connectivity index is 1.95. The molecule has 1 fully saturated rings. The normalized spacial score (nSPS) is 18.3. The van der Waals surface area contributed by atoms with Crippen molar-refractivity contribution >= 4 is 33.4 Å². The van der Waals surface area contributed by atoms with Gasteiger partial charge in [0, 0.05) is 18.1 Å². The summed E-state index contributed by atoms with van der Waals surface area (Å²) < 4.78 is 25.6. The Morgan fingerprint density at radius 3 is 2.77 bits per heavy atom. The van der Waals surface area contributed by atoms with E-state index < -0.39 is 27.8 Å². The van der Waals surface area contributed by atoms with Gasteiger partial charge in [-0.1, -0.05) is 18.5 Å². The molecule has 2 amide bonds. The number of halogens is 1. The van der Waals surface area contributed by atoms with E-state index in [4.69, 9.17) is 11.6 Å². The van der Waals surface area contributed by atoms with E-state index in [-0.39, 0.29) is 28.6 Å². The molecule has 0 spiro atoms. The number of hydrogen-bond donors (Lipinski definition) is 3. The highest BCUT2D eigenvalue weighted by molar-refractivity contribution is 7.89. The molecule has 1 aliphatic rings. The predicted octanol–water partition coefficient (Wildman–Crippen LogP) is 1.26. The van der Waals surface area contributed by atoms with Crippen molar-refractivity contribution < 1.29 is 23.1 Å². The van der Waals surface area contributed by atoms with Crippen LogP contribution in [-0.4, -0.2) is 48.5 Å². The maximum atomic E-state index is 12.3. The van der Waals surface area contributed by atoms with Gasteiger partial charge in [0.1, 0.15) is 5.75 Å². The number of nitrogens with zero attached hydrogens (tertiary/aromatic N) is 1. The van der Waals surface area contributed by atoms with E-state index in [1.165, 1.54) is 22.5 Å². The molecular weight excluding hydrogens is 382 g/mol. The van der Waals surface area contributed by atoms with Gasteiger partial charge in [-0.15, -0.1) is 0 Å². The fraction of sp³-hybridized carbons (Fsp3) is 0.500. The zero-order chi connectivity index (χ0) is 19.3. The molecule has 10 heteroatoms. The lowest BCUT2D eigenvalue weighted by Gasteiger charge is -2.31. The highest BCUT2D eigenvalue weighted by atomic mass is 35.5. The van der Waals surface area contributed by atoms with E-state index >= 15 is 0 Å².